The van der Waals surface area contributed by atoms with E-state index in [0.29, 0.717) is 47.2 Å². The van der Waals surface area contributed by atoms with Crippen LogP contribution in [-0.2, 0) is 27.2 Å². The minimum Gasteiger partial charge on any atom is -0.481 e. The second-order valence-electron chi connectivity index (χ2n) is 9.41. The van der Waals surface area contributed by atoms with Crippen molar-refractivity contribution >= 4 is 69.0 Å². The SMILES string of the molecule is CO[C@H]1C[C@@H](c2ncc(CCC(=O)O)s2)N(C(=O)Cc2cc(Cl)c(NC(=O)c3coc4ccccc34)cc2Cl)C1. The summed E-state index contributed by atoms with van der Waals surface area (Å²) in [5.74, 6) is -1.45. The van der Waals surface area contributed by atoms with Crippen LogP contribution in [0.3, 0.4) is 0 Å². The van der Waals surface area contributed by atoms with Gasteiger partial charge in [0.25, 0.3) is 5.91 Å². The van der Waals surface area contributed by atoms with E-state index in [2.05, 4.69) is 10.3 Å². The lowest BCUT2D eigenvalue weighted by molar-refractivity contribution is -0.137. The van der Waals surface area contributed by atoms with Gasteiger partial charge in [-0.3, -0.25) is 14.4 Å². The van der Waals surface area contributed by atoms with Crippen LogP contribution in [0.15, 0.2) is 53.3 Å². The molecule has 9 nitrogen and oxygen atoms in total. The number of amides is 2. The Morgan fingerprint density at radius 3 is 2.80 bits per heavy atom. The quantitative estimate of drug-likeness (QED) is 0.241. The number of para-hydroxylation sites is 1. The highest BCUT2D eigenvalue weighted by Crippen LogP contribution is 2.37. The summed E-state index contributed by atoms with van der Waals surface area (Å²) in [6.07, 6.45) is 3.87. The number of fused-ring (bicyclic) bond motifs is 1. The van der Waals surface area contributed by atoms with Crippen molar-refractivity contribution in [3.63, 3.8) is 0 Å². The molecule has 0 spiro atoms. The Hall–Kier alpha value is -3.44. The number of aryl methyl sites for hydroxylation is 1. The predicted molar refractivity (Wildman–Crippen MR) is 152 cm³/mol. The van der Waals surface area contributed by atoms with E-state index in [1.54, 1.807) is 36.4 Å². The highest BCUT2D eigenvalue weighted by Gasteiger charge is 2.38. The van der Waals surface area contributed by atoms with Gasteiger partial charge in [-0.15, -0.1) is 11.3 Å². The standard InChI is InChI=1S/C28H25Cl2N3O6S/c1-38-16-10-23(28-31-12-17(40-28)6-7-26(35)36)33(13-16)25(34)9-15-8-21(30)22(11-20(15)29)32-27(37)19-14-39-24-5-3-2-4-18(19)24/h2-5,8,11-12,14,16,23H,6-7,9-10,13H2,1H3,(H,32,37)(H,35,36)/t16-,23-/m0/s1. The van der Waals surface area contributed by atoms with Crippen molar-refractivity contribution in [1.29, 1.82) is 0 Å². The molecule has 1 fully saturated rings. The number of thiazole rings is 1. The Bertz CT molecular complexity index is 1590. The van der Waals surface area contributed by atoms with Gasteiger partial charge >= 0.3 is 5.97 Å². The summed E-state index contributed by atoms with van der Waals surface area (Å²) < 4.78 is 11.0. The van der Waals surface area contributed by atoms with E-state index < -0.39 is 11.9 Å². The molecule has 0 aliphatic carbocycles. The third kappa shape index (κ3) is 6.00. The van der Waals surface area contributed by atoms with Crippen LogP contribution in [0, 0.1) is 0 Å². The van der Waals surface area contributed by atoms with Crippen LogP contribution in [0.5, 0.6) is 0 Å². The first-order valence-electron chi connectivity index (χ1n) is 12.5. The number of carbonyl (C=O) groups excluding carboxylic acids is 2. The minimum absolute atomic E-state index is 0.0106. The van der Waals surface area contributed by atoms with Gasteiger partial charge in [0.2, 0.25) is 5.91 Å². The third-order valence-corrected chi connectivity index (χ3v) is 8.63. The molecular weight excluding hydrogens is 577 g/mol. The molecule has 2 aromatic heterocycles. The van der Waals surface area contributed by atoms with E-state index in [-0.39, 0.29) is 40.9 Å². The molecule has 2 aromatic carbocycles. The normalized spacial score (nSPS) is 16.9. The Morgan fingerprint density at radius 1 is 1.23 bits per heavy atom. The zero-order chi connectivity index (χ0) is 28.4. The Balaban J connectivity index is 1.30. The van der Waals surface area contributed by atoms with E-state index in [1.807, 2.05) is 12.1 Å². The number of nitrogens with one attached hydrogen (secondary N) is 1. The topological polar surface area (TPSA) is 122 Å². The van der Waals surface area contributed by atoms with Crippen molar-refractivity contribution in [2.24, 2.45) is 0 Å². The van der Waals surface area contributed by atoms with Gasteiger partial charge in [0.1, 0.15) is 16.9 Å². The fraction of sp³-hybridized carbons (Fsp3) is 0.286. The second-order valence-corrected chi connectivity index (χ2v) is 11.4. The van der Waals surface area contributed by atoms with Gasteiger partial charge < -0.3 is 24.5 Å². The largest absolute Gasteiger partial charge is 0.481 e. The lowest BCUT2D eigenvalue weighted by Gasteiger charge is -2.23. The van der Waals surface area contributed by atoms with Gasteiger partial charge in [0.15, 0.2) is 0 Å². The van der Waals surface area contributed by atoms with E-state index in [0.717, 1.165) is 9.88 Å². The molecule has 0 bridgehead atoms. The number of hydrogen-bond donors (Lipinski definition) is 2. The van der Waals surface area contributed by atoms with Gasteiger partial charge in [0.05, 0.1) is 41.3 Å². The molecule has 12 heteroatoms. The molecule has 5 rings (SSSR count). The van der Waals surface area contributed by atoms with Crippen molar-refractivity contribution in [1.82, 2.24) is 9.88 Å². The van der Waals surface area contributed by atoms with Crippen LogP contribution in [0.4, 0.5) is 5.69 Å². The van der Waals surface area contributed by atoms with Gasteiger partial charge in [-0.05, 0) is 30.2 Å². The molecule has 40 heavy (non-hydrogen) atoms. The van der Waals surface area contributed by atoms with E-state index >= 15 is 0 Å². The summed E-state index contributed by atoms with van der Waals surface area (Å²) in [4.78, 5) is 44.4. The molecule has 1 saturated heterocycles. The molecule has 1 aliphatic heterocycles. The van der Waals surface area contributed by atoms with Gasteiger partial charge in [-0.1, -0.05) is 41.4 Å². The maximum atomic E-state index is 13.5. The molecule has 3 heterocycles. The maximum Gasteiger partial charge on any atom is 0.303 e. The van der Waals surface area contributed by atoms with Crippen molar-refractivity contribution < 1.29 is 28.6 Å². The molecule has 0 saturated carbocycles. The summed E-state index contributed by atoms with van der Waals surface area (Å²) in [7, 11) is 1.60. The number of rotatable bonds is 9. The summed E-state index contributed by atoms with van der Waals surface area (Å²) >= 11 is 14.5. The lowest BCUT2D eigenvalue weighted by atomic mass is 10.1. The number of nitrogens with zero attached hydrogens (tertiary/aromatic N) is 2. The molecule has 2 amide bonds. The third-order valence-electron chi connectivity index (χ3n) is 6.81. The predicted octanol–water partition coefficient (Wildman–Crippen LogP) is 6.00. The number of halogens is 2. The molecule has 2 N–H and O–H groups in total. The number of hydrogen-bond acceptors (Lipinski definition) is 7. The average molecular weight is 602 g/mol. The van der Waals surface area contributed by atoms with E-state index in [9.17, 15) is 14.4 Å². The number of benzene rings is 2. The van der Waals surface area contributed by atoms with Gasteiger partial charge in [0, 0.05) is 41.6 Å². The van der Waals surface area contributed by atoms with Crippen LogP contribution in [0.25, 0.3) is 11.0 Å². The molecule has 0 radical (unpaired) electrons. The van der Waals surface area contributed by atoms with Gasteiger partial charge in [-0.2, -0.15) is 0 Å². The molecule has 4 aromatic rings. The van der Waals surface area contributed by atoms with Gasteiger partial charge in [-0.25, -0.2) is 4.98 Å². The number of furan rings is 1. The average Bonchev–Trinajstić information content (AvgIpc) is 3.68. The molecular formula is C28H25Cl2N3O6S. The minimum atomic E-state index is -0.872. The summed E-state index contributed by atoms with van der Waals surface area (Å²) in [6.45, 7) is 0.391. The number of methoxy groups -OCH3 is 1. The zero-order valence-electron chi connectivity index (χ0n) is 21.4. The number of aromatic nitrogens is 1. The molecule has 1 aliphatic rings. The van der Waals surface area contributed by atoms with E-state index in [4.69, 9.17) is 37.5 Å². The molecule has 208 valence electrons. The highest BCUT2D eigenvalue weighted by molar-refractivity contribution is 7.11. The van der Waals surface area contributed by atoms with Crippen LogP contribution in [-0.4, -0.2) is 52.5 Å². The Labute approximate surface area is 243 Å². The number of carboxylic acids is 1. The van der Waals surface area contributed by atoms with Crippen LogP contribution >= 0.6 is 34.5 Å². The summed E-state index contributed by atoms with van der Waals surface area (Å²) in [6, 6.07) is 10.0. The Morgan fingerprint density at radius 2 is 2.02 bits per heavy atom. The monoisotopic (exact) mass is 601 g/mol. The summed E-state index contributed by atoms with van der Waals surface area (Å²) in [5, 5.41) is 13.7. The number of anilines is 1. The number of carboxylic acid groups (broad SMARTS) is 1. The summed E-state index contributed by atoms with van der Waals surface area (Å²) in [5.41, 5.74) is 1.79. The van der Waals surface area contributed by atoms with Crippen molar-refractivity contribution in [2.75, 3.05) is 19.0 Å². The fourth-order valence-corrected chi connectivity index (χ4v) is 6.23. The first kappa shape index (κ1) is 28.1. The number of likely N-dealkylation sites (tertiary alicyclic amines) is 1. The van der Waals surface area contributed by atoms with Crippen molar-refractivity contribution in [3.8, 4) is 0 Å². The van der Waals surface area contributed by atoms with E-state index in [1.165, 1.54) is 23.7 Å². The molecule has 0 unspecified atom stereocenters. The smallest absolute Gasteiger partial charge is 0.303 e. The van der Waals surface area contributed by atoms with Crippen LogP contribution < -0.4 is 5.32 Å². The van der Waals surface area contributed by atoms with Crippen molar-refractivity contribution in [3.05, 3.63) is 79.9 Å². The second kappa shape index (κ2) is 12.0. The van der Waals surface area contributed by atoms with Crippen LogP contribution in [0.1, 0.15) is 44.7 Å². The maximum absolute atomic E-state index is 13.5. The number of ether oxygens (including phenoxy) is 1. The van der Waals surface area contributed by atoms with Crippen molar-refractivity contribution in [2.45, 2.75) is 37.8 Å². The van der Waals surface area contributed by atoms with Crippen LogP contribution in [0.2, 0.25) is 10.0 Å². The zero-order valence-corrected chi connectivity index (χ0v) is 23.7. The molecule has 2 atom stereocenters. The fourth-order valence-electron chi connectivity index (χ4n) is 4.73. The lowest BCUT2D eigenvalue weighted by Crippen LogP contribution is -2.33. The number of carbonyl (C=O) groups is 3. The first-order valence-corrected chi connectivity index (χ1v) is 14.0. The Kier molecular flexibility index (Phi) is 8.41. The number of aliphatic carboxylic acids is 1. The first-order chi connectivity index (χ1) is 19.2. The highest BCUT2D eigenvalue weighted by atomic mass is 35.5.